The number of amides is 2. The largest absolute Gasteiger partial charge is 0.493 e. The Bertz CT molecular complexity index is 1240. The highest BCUT2D eigenvalue weighted by Gasteiger charge is 2.59. The van der Waals surface area contributed by atoms with Crippen LogP contribution in [0, 0.1) is 23.7 Å². The van der Waals surface area contributed by atoms with Crippen molar-refractivity contribution in [2.45, 2.75) is 13.0 Å². The zero-order valence-corrected chi connectivity index (χ0v) is 23.3. The van der Waals surface area contributed by atoms with E-state index in [9.17, 15) is 9.59 Å². The van der Waals surface area contributed by atoms with Crippen molar-refractivity contribution in [1.29, 1.82) is 0 Å². The monoisotopic (exact) mass is 670 g/mol. The minimum absolute atomic E-state index is 0.134. The number of carbonyl (C=O) groups excluding carboxylic acids is 2. The molecule has 0 N–H and O–H groups in total. The SMILES string of the molecule is COc1cc(C=NN2C(=O)[C@@H]3[C@H](C2=O)[C@H]2C=C[C@H]3C2)c(Br)c(Cl)c1OCc1ccc(Br)cc1Br. The van der Waals surface area contributed by atoms with E-state index in [0.29, 0.717) is 26.6 Å². The Labute approximate surface area is 226 Å². The number of benzene rings is 2. The molecule has 1 saturated heterocycles. The van der Waals surface area contributed by atoms with Crippen molar-refractivity contribution in [1.82, 2.24) is 5.01 Å². The summed E-state index contributed by atoms with van der Waals surface area (Å²) in [6, 6.07) is 7.49. The lowest BCUT2D eigenvalue weighted by molar-refractivity contribution is -0.140. The third-order valence-corrected chi connectivity index (χ3v) is 9.20. The van der Waals surface area contributed by atoms with Gasteiger partial charge in [-0.25, -0.2) is 0 Å². The van der Waals surface area contributed by atoms with Gasteiger partial charge in [-0.3, -0.25) is 9.59 Å². The molecule has 6 nitrogen and oxygen atoms in total. The topological polar surface area (TPSA) is 68.2 Å². The van der Waals surface area contributed by atoms with Crippen LogP contribution >= 0.6 is 59.4 Å². The Morgan fingerprint density at radius 1 is 1.12 bits per heavy atom. The van der Waals surface area contributed by atoms with Crippen LogP contribution in [0.1, 0.15) is 17.5 Å². The Morgan fingerprint density at radius 3 is 2.41 bits per heavy atom. The third kappa shape index (κ3) is 4.04. The molecule has 2 bridgehead atoms. The molecule has 1 saturated carbocycles. The Kier molecular flexibility index (Phi) is 6.65. The molecule has 5 rings (SSSR count). The molecule has 1 heterocycles. The van der Waals surface area contributed by atoms with E-state index in [1.807, 2.05) is 18.2 Å². The van der Waals surface area contributed by atoms with Crippen LogP contribution < -0.4 is 9.47 Å². The van der Waals surface area contributed by atoms with Crippen LogP contribution in [0.5, 0.6) is 11.5 Å². The van der Waals surface area contributed by atoms with Gasteiger partial charge in [-0.05, 0) is 52.4 Å². The number of imide groups is 1. The molecule has 10 heteroatoms. The molecule has 0 unspecified atom stereocenters. The highest BCUT2D eigenvalue weighted by molar-refractivity contribution is 9.11. The first-order valence-corrected chi connectivity index (χ1v) is 13.3. The molecule has 0 spiro atoms. The maximum absolute atomic E-state index is 12.9. The molecule has 2 amide bonds. The van der Waals surface area contributed by atoms with E-state index >= 15 is 0 Å². The molecule has 34 heavy (non-hydrogen) atoms. The van der Waals surface area contributed by atoms with Gasteiger partial charge in [0.2, 0.25) is 0 Å². The van der Waals surface area contributed by atoms with E-state index in [-0.39, 0.29) is 42.1 Å². The minimum atomic E-state index is -0.296. The summed E-state index contributed by atoms with van der Waals surface area (Å²) in [6.07, 6.45) is 6.43. The summed E-state index contributed by atoms with van der Waals surface area (Å²) >= 11 is 17.1. The lowest BCUT2D eigenvalue weighted by Crippen LogP contribution is -2.28. The Hall–Kier alpha value is -1.68. The van der Waals surface area contributed by atoms with E-state index in [1.54, 1.807) is 6.07 Å². The fraction of sp³-hybridized carbons (Fsp3) is 0.292. The number of halogens is 4. The molecular formula is C24H18Br3ClN2O4. The van der Waals surface area contributed by atoms with Gasteiger partial charge < -0.3 is 9.47 Å². The van der Waals surface area contributed by atoms with Crippen LogP contribution in [0.4, 0.5) is 0 Å². The number of carbonyl (C=O) groups is 2. The summed E-state index contributed by atoms with van der Waals surface area (Å²) in [5.74, 6) is -0.0284. The van der Waals surface area contributed by atoms with Crippen molar-refractivity contribution in [2.75, 3.05) is 7.11 Å². The first-order valence-electron chi connectivity index (χ1n) is 10.5. The van der Waals surface area contributed by atoms with Crippen molar-refractivity contribution >= 4 is 77.4 Å². The van der Waals surface area contributed by atoms with Crippen LogP contribution in [-0.4, -0.2) is 30.1 Å². The van der Waals surface area contributed by atoms with E-state index in [1.165, 1.54) is 13.3 Å². The number of hydrazone groups is 1. The predicted molar refractivity (Wildman–Crippen MR) is 139 cm³/mol. The number of methoxy groups -OCH3 is 1. The second-order valence-corrected chi connectivity index (χ2v) is 11.3. The highest BCUT2D eigenvalue weighted by Crippen LogP contribution is 2.52. The molecule has 2 aromatic rings. The maximum Gasteiger partial charge on any atom is 0.254 e. The van der Waals surface area contributed by atoms with Crippen LogP contribution in [-0.2, 0) is 16.2 Å². The average molecular weight is 674 g/mol. The quantitative estimate of drug-likeness (QED) is 0.204. The van der Waals surface area contributed by atoms with Gasteiger partial charge in [0.15, 0.2) is 11.5 Å². The molecule has 1 aliphatic heterocycles. The maximum atomic E-state index is 12.9. The number of fused-ring (bicyclic) bond motifs is 5. The average Bonchev–Trinajstić information content (AvgIpc) is 3.49. The van der Waals surface area contributed by atoms with E-state index in [0.717, 1.165) is 25.9 Å². The highest BCUT2D eigenvalue weighted by atomic mass is 79.9. The number of allylic oxidation sites excluding steroid dienone is 2. The van der Waals surface area contributed by atoms with E-state index in [4.69, 9.17) is 21.1 Å². The second-order valence-electron chi connectivity index (χ2n) is 8.38. The summed E-state index contributed by atoms with van der Waals surface area (Å²) < 4.78 is 13.9. The zero-order valence-electron chi connectivity index (χ0n) is 17.8. The fourth-order valence-corrected chi connectivity index (χ4v) is 6.71. The van der Waals surface area contributed by atoms with Gasteiger partial charge in [0, 0.05) is 24.5 Å². The summed E-state index contributed by atoms with van der Waals surface area (Å²) in [5, 5.41) is 5.54. The van der Waals surface area contributed by atoms with Crippen LogP contribution in [0.15, 0.2) is 54.9 Å². The molecule has 2 fully saturated rings. The lowest BCUT2D eigenvalue weighted by Gasteiger charge is -2.16. The molecule has 0 aromatic heterocycles. The lowest BCUT2D eigenvalue weighted by atomic mass is 9.85. The molecule has 4 atom stereocenters. The van der Waals surface area contributed by atoms with Crippen LogP contribution in [0.3, 0.4) is 0 Å². The van der Waals surface area contributed by atoms with Crippen molar-refractivity contribution in [3.05, 3.63) is 66.0 Å². The molecule has 2 aromatic carbocycles. The Balaban J connectivity index is 1.38. The standard InChI is InChI=1S/C24H18Br3ClN2O4/c1-33-17-7-14(9-29-30-23(31)18-11-2-3-12(6-11)19(18)24(30)32)20(27)21(28)22(17)34-10-13-4-5-15(25)8-16(13)26/h2-5,7-9,11-12,18-19H,6,10H2,1H3/t11-,12-,18-,19+/m0/s1. The zero-order chi connectivity index (χ0) is 24.1. The van der Waals surface area contributed by atoms with Gasteiger partial charge in [-0.2, -0.15) is 10.1 Å². The van der Waals surface area contributed by atoms with Crippen molar-refractivity contribution < 1.29 is 19.1 Å². The summed E-state index contributed by atoms with van der Waals surface area (Å²) in [6.45, 7) is 0.264. The first-order chi connectivity index (χ1) is 16.3. The van der Waals surface area contributed by atoms with E-state index in [2.05, 4.69) is 65.0 Å². The van der Waals surface area contributed by atoms with Crippen LogP contribution in [0.2, 0.25) is 5.02 Å². The summed E-state index contributed by atoms with van der Waals surface area (Å²) in [7, 11) is 1.51. The van der Waals surface area contributed by atoms with Crippen molar-refractivity contribution in [3.63, 3.8) is 0 Å². The van der Waals surface area contributed by atoms with E-state index < -0.39 is 0 Å². The normalized spacial score (nSPS) is 25.0. The summed E-state index contributed by atoms with van der Waals surface area (Å²) in [5.41, 5.74) is 1.49. The fourth-order valence-electron chi connectivity index (χ4n) is 4.89. The number of nitrogens with zero attached hydrogens (tertiary/aromatic N) is 2. The minimum Gasteiger partial charge on any atom is -0.493 e. The number of rotatable bonds is 6. The number of hydrogen-bond acceptors (Lipinski definition) is 5. The second kappa shape index (κ2) is 9.41. The van der Waals surface area contributed by atoms with Crippen molar-refractivity contribution in [2.24, 2.45) is 28.8 Å². The van der Waals surface area contributed by atoms with Gasteiger partial charge >= 0.3 is 0 Å². The van der Waals surface area contributed by atoms with Gasteiger partial charge in [0.25, 0.3) is 11.8 Å². The first kappa shape index (κ1) is 24.0. The molecule has 176 valence electrons. The molecule has 2 aliphatic carbocycles. The Morgan fingerprint density at radius 2 is 1.79 bits per heavy atom. The smallest absolute Gasteiger partial charge is 0.254 e. The van der Waals surface area contributed by atoms with Gasteiger partial charge in [-0.15, -0.1) is 0 Å². The van der Waals surface area contributed by atoms with Crippen LogP contribution in [0.25, 0.3) is 0 Å². The molecule has 3 aliphatic rings. The predicted octanol–water partition coefficient (Wildman–Crippen LogP) is 6.36. The number of ether oxygens (including phenoxy) is 2. The van der Waals surface area contributed by atoms with Gasteiger partial charge in [0.05, 0.1) is 25.2 Å². The number of hydrogen-bond donors (Lipinski definition) is 0. The summed E-state index contributed by atoms with van der Waals surface area (Å²) in [4.78, 5) is 25.7. The molecule has 0 radical (unpaired) electrons. The van der Waals surface area contributed by atoms with Crippen molar-refractivity contribution in [3.8, 4) is 11.5 Å². The molecular weight excluding hydrogens is 655 g/mol. The third-order valence-electron chi connectivity index (χ3n) is 6.52. The van der Waals surface area contributed by atoms with Gasteiger partial charge in [0.1, 0.15) is 11.6 Å². The van der Waals surface area contributed by atoms with Gasteiger partial charge in [-0.1, -0.05) is 61.7 Å².